The van der Waals surface area contributed by atoms with Crippen LogP contribution in [0.3, 0.4) is 0 Å². The number of aromatic nitrogens is 3. The fraction of sp³-hybridized carbons (Fsp3) is 0.231. The zero-order valence-electron chi connectivity index (χ0n) is 18.5. The van der Waals surface area contributed by atoms with E-state index in [1.54, 1.807) is 24.4 Å². The van der Waals surface area contributed by atoms with Crippen molar-refractivity contribution in [3.8, 4) is 5.88 Å². The molecule has 0 amide bonds. The maximum atomic E-state index is 14.2. The second-order valence-corrected chi connectivity index (χ2v) is 6.75. The van der Waals surface area contributed by atoms with Gasteiger partial charge < -0.3 is 4.74 Å². The van der Waals surface area contributed by atoms with Gasteiger partial charge in [0.1, 0.15) is 0 Å². The van der Waals surface area contributed by atoms with Gasteiger partial charge in [0, 0.05) is 24.2 Å². The Kier molecular flexibility index (Phi) is 8.08. The summed E-state index contributed by atoms with van der Waals surface area (Å²) < 4.78 is 33.2. The normalized spacial score (nSPS) is 11.5. The first-order chi connectivity index (χ1) is 15.7. The highest BCUT2D eigenvalue weighted by Crippen LogP contribution is 2.36. The number of fused-ring (bicyclic) bond motifs is 1. The molecule has 0 saturated carbocycles. The first-order valence-corrected chi connectivity index (χ1v) is 10.8. The molecule has 0 atom stereocenters. The number of nitrogens with zero attached hydrogens (tertiary/aromatic N) is 2. The monoisotopic (exact) mass is 435 g/mol. The minimum atomic E-state index is -0.513. The van der Waals surface area contributed by atoms with Crippen LogP contribution in [-0.2, 0) is 0 Å². The Morgan fingerprint density at radius 3 is 2.38 bits per heavy atom. The number of halogens is 2. The summed E-state index contributed by atoms with van der Waals surface area (Å²) in [5.74, 6) is 0.0199. The van der Waals surface area contributed by atoms with Crippen LogP contribution in [0, 0.1) is 5.95 Å². The summed E-state index contributed by atoms with van der Waals surface area (Å²) in [5, 5.41) is 6.71. The van der Waals surface area contributed by atoms with Crippen molar-refractivity contribution in [1.82, 2.24) is 15.2 Å². The number of nitrogens with one attached hydrogen (secondary N) is 1. The van der Waals surface area contributed by atoms with Gasteiger partial charge in [-0.3, -0.25) is 9.49 Å². The molecule has 4 rings (SSSR count). The molecule has 4 nitrogen and oxygen atoms in total. The highest BCUT2D eigenvalue weighted by atomic mass is 19.1. The fourth-order valence-electron chi connectivity index (χ4n) is 3.56. The second-order valence-electron chi connectivity index (χ2n) is 6.75. The number of H-pyrrole nitrogens is 1. The average Bonchev–Trinajstić information content (AvgIpc) is 3.22. The molecule has 0 aliphatic heterocycles. The van der Waals surface area contributed by atoms with Crippen LogP contribution in [0.25, 0.3) is 22.0 Å². The Labute approximate surface area is 187 Å². The fourth-order valence-corrected chi connectivity index (χ4v) is 3.56. The molecule has 1 N–H and O–H groups in total. The molecule has 0 bridgehead atoms. The van der Waals surface area contributed by atoms with Gasteiger partial charge in [-0.1, -0.05) is 50.2 Å². The third-order valence-corrected chi connectivity index (χ3v) is 4.88. The first-order valence-electron chi connectivity index (χ1n) is 10.8. The van der Waals surface area contributed by atoms with Crippen molar-refractivity contribution >= 4 is 22.0 Å². The summed E-state index contributed by atoms with van der Waals surface area (Å²) >= 11 is 0. The van der Waals surface area contributed by atoms with Crippen molar-refractivity contribution in [1.29, 1.82) is 0 Å². The lowest BCUT2D eigenvalue weighted by Crippen LogP contribution is -1.99. The van der Waals surface area contributed by atoms with Gasteiger partial charge in [0.05, 0.1) is 24.2 Å². The van der Waals surface area contributed by atoms with Gasteiger partial charge in [0.25, 0.3) is 0 Å². The molecule has 0 spiro atoms. The van der Waals surface area contributed by atoms with Crippen LogP contribution in [0.5, 0.6) is 5.88 Å². The van der Waals surface area contributed by atoms with Gasteiger partial charge in [-0.25, -0.2) is 4.98 Å². The van der Waals surface area contributed by atoms with Crippen LogP contribution < -0.4 is 4.74 Å². The summed E-state index contributed by atoms with van der Waals surface area (Å²) in [6.07, 6.45) is 1.93. The molecule has 0 saturated heterocycles. The third-order valence-electron chi connectivity index (χ3n) is 4.88. The SMILES string of the molecule is CC.CCOc1ccc(/C(=C(/CCF)c2ccccc2)c2ccc3n[nH]c(F)c3c2)cn1. The predicted molar refractivity (Wildman–Crippen MR) is 126 cm³/mol. The summed E-state index contributed by atoms with van der Waals surface area (Å²) in [4.78, 5) is 4.38. The zero-order chi connectivity index (χ0) is 22.9. The van der Waals surface area contributed by atoms with Gasteiger partial charge in [0.15, 0.2) is 0 Å². The number of allylic oxidation sites excluding steroid dienone is 1. The van der Waals surface area contributed by atoms with E-state index in [-0.39, 0.29) is 6.42 Å². The van der Waals surface area contributed by atoms with E-state index in [4.69, 9.17) is 4.74 Å². The molecule has 0 unspecified atom stereocenters. The van der Waals surface area contributed by atoms with Crippen molar-refractivity contribution < 1.29 is 13.5 Å². The number of rotatable bonds is 7. The molecule has 2 aromatic heterocycles. The third kappa shape index (κ3) is 5.02. The molecule has 32 heavy (non-hydrogen) atoms. The van der Waals surface area contributed by atoms with Crippen molar-refractivity contribution in [2.75, 3.05) is 13.3 Å². The van der Waals surface area contributed by atoms with Crippen molar-refractivity contribution in [2.45, 2.75) is 27.2 Å². The highest BCUT2D eigenvalue weighted by Gasteiger charge is 2.16. The standard InChI is InChI=1S/C24H21F2N3O.C2H6/c1-2-30-22-11-9-18(15-27-22)23(19(12-13-25)16-6-4-3-5-7-16)17-8-10-21-20(14-17)24(26)29-28-21;1-2/h3-11,14-15H,2,12-13H2,1H3,(H,28,29);1-2H3/b23-19-;. The highest BCUT2D eigenvalue weighted by molar-refractivity contribution is 6.00. The number of ether oxygens (including phenoxy) is 1. The molecule has 0 radical (unpaired) electrons. The minimum absolute atomic E-state index is 0.221. The van der Waals surface area contributed by atoms with E-state index in [0.29, 0.717) is 23.4 Å². The van der Waals surface area contributed by atoms with Crippen LogP contribution in [0.15, 0.2) is 66.9 Å². The number of pyridine rings is 1. The Balaban J connectivity index is 0.00000141. The van der Waals surface area contributed by atoms with Gasteiger partial charge >= 0.3 is 0 Å². The Hall–Kier alpha value is -3.54. The van der Waals surface area contributed by atoms with E-state index < -0.39 is 12.6 Å². The molecule has 2 aromatic carbocycles. The van der Waals surface area contributed by atoms with Gasteiger partial charge in [0.2, 0.25) is 11.8 Å². The summed E-state index contributed by atoms with van der Waals surface area (Å²) in [5.41, 5.74) is 4.64. The molecule has 0 aliphatic carbocycles. The summed E-state index contributed by atoms with van der Waals surface area (Å²) in [6.45, 7) is 5.90. The van der Waals surface area contributed by atoms with Gasteiger partial charge in [-0.05, 0) is 47.4 Å². The smallest absolute Gasteiger partial charge is 0.216 e. The van der Waals surface area contributed by atoms with Gasteiger partial charge in [-0.15, -0.1) is 0 Å². The molecule has 6 heteroatoms. The lowest BCUT2D eigenvalue weighted by Gasteiger charge is -2.17. The van der Waals surface area contributed by atoms with E-state index in [9.17, 15) is 8.78 Å². The second kappa shape index (κ2) is 11.2. The van der Waals surface area contributed by atoms with Crippen LogP contribution in [-0.4, -0.2) is 28.5 Å². The largest absolute Gasteiger partial charge is 0.478 e. The number of alkyl halides is 1. The van der Waals surface area contributed by atoms with Crippen molar-refractivity contribution in [3.63, 3.8) is 0 Å². The lowest BCUT2D eigenvalue weighted by atomic mass is 9.88. The Morgan fingerprint density at radius 1 is 0.969 bits per heavy atom. The molecule has 166 valence electrons. The predicted octanol–water partition coefficient (Wildman–Crippen LogP) is 6.84. The van der Waals surface area contributed by atoms with Gasteiger partial charge in [-0.2, -0.15) is 9.49 Å². The number of hydrogen-bond acceptors (Lipinski definition) is 3. The number of benzene rings is 2. The molecule has 0 aliphatic rings. The lowest BCUT2D eigenvalue weighted by molar-refractivity contribution is 0.327. The maximum absolute atomic E-state index is 14.2. The van der Waals surface area contributed by atoms with Crippen molar-refractivity contribution in [3.05, 3.63) is 89.5 Å². The van der Waals surface area contributed by atoms with Crippen LogP contribution in [0.1, 0.15) is 43.9 Å². The maximum Gasteiger partial charge on any atom is 0.216 e. The minimum Gasteiger partial charge on any atom is -0.478 e. The molecular weight excluding hydrogens is 408 g/mol. The molecule has 2 heterocycles. The number of hydrogen-bond donors (Lipinski definition) is 1. The molecular formula is C26H27F2N3O. The zero-order valence-corrected chi connectivity index (χ0v) is 18.5. The quantitative estimate of drug-likeness (QED) is 0.323. The van der Waals surface area contributed by atoms with Crippen LogP contribution >= 0.6 is 0 Å². The Bertz CT molecular complexity index is 1170. The molecule has 4 aromatic rings. The average molecular weight is 436 g/mol. The van der Waals surface area contributed by atoms with E-state index >= 15 is 0 Å². The topological polar surface area (TPSA) is 50.8 Å². The summed E-state index contributed by atoms with van der Waals surface area (Å²) in [7, 11) is 0. The molecule has 0 fully saturated rings. The van der Waals surface area contributed by atoms with Crippen LogP contribution in [0.4, 0.5) is 8.78 Å². The first kappa shape index (κ1) is 23.1. The summed E-state index contributed by atoms with van der Waals surface area (Å²) in [6, 6.07) is 18.7. The number of aromatic amines is 1. The van der Waals surface area contributed by atoms with E-state index in [1.165, 1.54) is 0 Å². The van der Waals surface area contributed by atoms with E-state index in [1.807, 2.05) is 63.2 Å². The van der Waals surface area contributed by atoms with Crippen molar-refractivity contribution in [2.24, 2.45) is 0 Å². The Morgan fingerprint density at radius 2 is 1.72 bits per heavy atom. The van der Waals surface area contributed by atoms with E-state index in [2.05, 4.69) is 15.2 Å². The van der Waals surface area contributed by atoms with Crippen LogP contribution in [0.2, 0.25) is 0 Å². The van der Waals surface area contributed by atoms with E-state index in [0.717, 1.165) is 27.8 Å².